The predicted octanol–water partition coefficient (Wildman–Crippen LogP) is -0.168. The van der Waals surface area contributed by atoms with Gasteiger partial charge in [0.15, 0.2) is 0 Å². The molecule has 1 heterocycles. The summed E-state index contributed by atoms with van der Waals surface area (Å²) < 4.78 is 11.8. The van der Waals surface area contributed by atoms with Crippen molar-refractivity contribution in [1.82, 2.24) is 20.2 Å². The fourth-order valence-corrected chi connectivity index (χ4v) is 0.358. The Morgan fingerprint density at radius 2 is 2.50 bits per heavy atom. The Kier molecular flexibility index (Phi) is 1.19. The Balaban J connectivity index is 2.84. The number of hydrogen-bond donors (Lipinski definition) is 0. The van der Waals surface area contributed by atoms with Gasteiger partial charge in [0.05, 0.1) is 6.54 Å². The van der Waals surface area contributed by atoms with E-state index in [0.717, 1.165) is 0 Å². The molecule has 1 aromatic heterocycles. The van der Waals surface area contributed by atoms with Gasteiger partial charge in [0.1, 0.15) is 0 Å². The highest BCUT2D eigenvalue weighted by atomic mass is 19.1. The average Bonchev–Trinajstić information content (AvgIpc) is 2.14. The number of tetrazole rings is 1. The quantitative estimate of drug-likeness (QED) is 0.511. The molecule has 4 nitrogen and oxygen atoms in total. The van der Waals surface area contributed by atoms with Crippen molar-refractivity contribution in [2.45, 2.75) is 13.5 Å². The molecule has 0 atom stereocenters. The minimum atomic E-state index is -0.771. The van der Waals surface area contributed by atoms with Crippen molar-refractivity contribution in [2.75, 3.05) is 0 Å². The summed E-state index contributed by atoms with van der Waals surface area (Å²) in [5.74, 6) is 0. The summed E-state index contributed by atoms with van der Waals surface area (Å²) in [5.41, 5.74) is 0. The minimum absolute atomic E-state index is 0.553. The smallest absolute Gasteiger partial charge is 0.162 e. The number of aryl methyl sites for hydroxylation is 1. The van der Waals surface area contributed by atoms with Crippen LogP contribution >= 0.6 is 0 Å². The molecule has 8 heavy (non-hydrogen) atoms. The van der Waals surface area contributed by atoms with Gasteiger partial charge in [-0.25, -0.2) is 0 Å². The fraction of sp³-hybridized carbons (Fsp3) is 0.667. The molecule has 0 unspecified atom stereocenters. The van der Waals surface area contributed by atoms with Gasteiger partial charge in [-0.2, -0.15) is 9.19 Å². The van der Waals surface area contributed by atoms with Gasteiger partial charge in [0.2, 0.25) is 0 Å². The highest BCUT2D eigenvalue weighted by Gasteiger charge is 1.94. The van der Waals surface area contributed by atoms with Crippen molar-refractivity contribution in [3.8, 4) is 0 Å². The normalized spacial score (nSPS) is 9.75. The van der Waals surface area contributed by atoms with E-state index < -0.39 is 6.08 Å². The SMILES string of the molecule is CCn1nnc(F)n1. The zero-order valence-corrected chi connectivity index (χ0v) is 4.37. The van der Waals surface area contributed by atoms with Gasteiger partial charge in [-0.1, -0.05) is 5.10 Å². The predicted molar refractivity (Wildman–Crippen MR) is 23.4 cm³/mol. The van der Waals surface area contributed by atoms with Crippen molar-refractivity contribution in [3.63, 3.8) is 0 Å². The molecule has 0 aliphatic heterocycles. The number of halogens is 1. The van der Waals surface area contributed by atoms with Crippen molar-refractivity contribution in [2.24, 2.45) is 0 Å². The Labute approximate surface area is 45.3 Å². The summed E-state index contributed by atoms with van der Waals surface area (Å²) in [4.78, 5) is 1.18. The molecule has 0 amide bonds. The van der Waals surface area contributed by atoms with Crippen LogP contribution in [0, 0.1) is 6.08 Å². The van der Waals surface area contributed by atoms with Gasteiger partial charge in [-0.3, -0.25) is 0 Å². The minimum Gasteiger partial charge on any atom is -0.162 e. The van der Waals surface area contributed by atoms with Crippen molar-refractivity contribution in [3.05, 3.63) is 6.08 Å². The van der Waals surface area contributed by atoms with Gasteiger partial charge in [0.25, 0.3) is 0 Å². The van der Waals surface area contributed by atoms with E-state index in [4.69, 9.17) is 0 Å². The molecule has 5 heteroatoms. The van der Waals surface area contributed by atoms with E-state index >= 15 is 0 Å². The van der Waals surface area contributed by atoms with E-state index in [2.05, 4.69) is 15.4 Å². The molecule has 0 N–H and O–H groups in total. The van der Waals surface area contributed by atoms with Crippen LogP contribution in [-0.4, -0.2) is 20.2 Å². The fourth-order valence-electron chi connectivity index (χ4n) is 0.358. The van der Waals surface area contributed by atoms with Gasteiger partial charge >= 0.3 is 6.08 Å². The number of aromatic nitrogens is 4. The van der Waals surface area contributed by atoms with Crippen molar-refractivity contribution < 1.29 is 4.39 Å². The number of nitrogens with zero attached hydrogens (tertiary/aromatic N) is 4. The molecule has 0 aliphatic carbocycles. The third kappa shape index (κ3) is 0.800. The first kappa shape index (κ1) is 5.14. The summed E-state index contributed by atoms with van der Waals surface area (Å²) in [5, 5.41) is 9.59. The molecule has 0 saturated heterocycles. The highest BCUT2D eigenvalue weighted by Crippen LogP contribution is 1.79. The maximum absolute atomic E-state index is 11.8. The molecular weight excluding hydrogens is 111 g/mol. The van der Waals surface area contributed by atoms with E-state index in [1.54, 1.807) is 6.92 Å². The second-order valence-corrected chi connectivity index (χ2v) is 1.25. The Bertz CT molecular complexity index is 172. The first-order chi connectivity index (χ1) is 3.83. The second kappa shape index (κ2) is 1.85. The lowest BCUT2D eigenvalue weighted by Gasteiger charge is -1.82. The molecule has 44 valence electrons. The molecular formula is C3H5FN4. The second-order valence-electron chi connectivity index (χ2n) is 1.25. The highest BCUT2D eigenvalue weighted by molar-refractivity contribution is 4.42. The zero-order chi connectivity index (χ0) is 5.98. The molecule has 0 spiro atoms. The summed E-state index contributed by atoms with van der Waals surface area (Å²) in [6.45, 7) is 2.36. The summed E-state index contributed by atoms with van der Waals surface area (Å²) in [7, 11) is 0. The molecule has 0 radical (unpaired) electrons. The van der Waals surface area contributed by atoms with Crippen LogP contribution in [-0.2, 0) is 6.54 Å². The molecule has 1 rings (SSSR count). The number of hydrogen-bond acceptors (Lipinski definition) is 3. The standard InChI is InChI=1S/C3H5FN4/c1-2-8-6-3(4)5-7-8/h2H2,1H3. The molecule has 0 saturated carbocycles. The van der Waals surface area contributed by atoms with Gasteiger partial charge in [-0.05, 0) is 12.1 Å². The maximum Gasteiger partial charge on any atom is 0.347 e. The van der Waals surface area contributed by atoms with E-state index in [0.29, 0.717) is 6.54 Å². The summed E-state index contributed by atoms with van der Waals surface area (Å²) in [6, 6.07) is 0. The first-order valence-electron chi connectivity index (χ1n) is 2.26. The Hall–Kier alpha value is -1.00. The van der Waals surface area contributed by atoms with Crippen LogP contribution in [0.1, 0.15) is 6.92 Å². The lowest BCUT2D eigenvalue weighted by Crippen LogP contribution is -1.98. The van der Waals surface area contributed by atoms with Crippen LogP contribution in [0.15, 0.2) is 0 Å². The number of rotatable bonds is 1. The summed E-state index contributed by atoms with van der Waals surface area (Å²) >= 11 is 0. The lowest BCUT2D eigenvalue weighted by molar-refractivity contribution is 0.507. The van der Waals surface area contributed by atoms with Crippen molar-refractivity contribution >= 4 is 0 Å². The molecule has 1 aromatic rings. The summed E-state index contributed by atoms with van der Waals surface area (Å²) in [6.07, 6.45) is -0.771. The average molecular weight is 116 g/mol. The topological polar surface area (TPSA) is 43.6 Å². The van der Waals surface area contributed by atoms with Gasteiger partial charge < -0.3 is 0 Å². The third-order valence-corrected chi connectivity index (χ3v) is 0.711. The van der Waals surface area contributed by atoms with Crippen LogP contribution in [0.3, 0.4) is 0 Å². The Morgan fingerprint density at radius 3 is 2.75 bits per heavy atom. The largest absolute Gasteiger partial charge is 0.347 e. The molecule has 0 fully saturated rings. The first-order valence-corrected chi connectivity index (χ1v) is 2.26. The van der Waals surface area contributed by atoms with Crippen LogP contribution < -0.4 is 0 Å². The van der Waals surface area contributed by atoms with E-state index in [1.807, 2.05) is 0 Å². The third-order valence-electron chi connectivity index (χ3n) is 0.711. The van der Waals surface area contributed by atoms with Crippen LogP contribution in [0.2, 0.25) is 0 Å². The van der Waals surface area contributed by atoms with Gasteiger partial charge in [0, 0.05) is 0 Å². The van der Waals surface area contributed by atoms with Gasteiger partial charge in [-0.15, -0.1) is 5.10 Å². The molecule has 0 aromatic carbocycles. The van der Waals surface area contributed by atoms with Crippen LogP contribution in [0.25, 0.3) is 0 Å². The monoisotopic (exact) mass is 116 g/mol. The molecule has 0 bridgehead atoms. The van der Waals surface area contributed by atoms with Crippen molar-refractivity contribution in [1.29, 1.82) is 0 Å². The lowest BCUT2D eigenvalue weighted by atomic mass is 10.8. The van der Waals surface area contributed by atoms with Crippen LogP contribution in [0.5, 0.6) is 0 Å². The zero-order valence-electron chi connectivity index (χ0n) is 4.37. The maximum atomic E-state index is 11.8. The molecule has 0 aliphatic rings. The Morgan fingerprint density at radius 1 is 1.75 bits per heavy atom. The van der Waals surface area contributed by atoms with E-state index in [1.165, 1.54) is 4.80 Å². The van der Waals surface area contributed by atoms with Crippen LogP contribution in [0.4, 0.5) is 4.39 Å². The van der Waals surface area contributed by atoms with E-state index in [9.17, 15) is 4.39 Å². The van der Waals surface area contributed by atoms with E-state index in [-0.39, 0.29) is 0 Å².